The van der Waals surface area contributed by atoms with Crippen molar-refractivity contribution in [1.29, 1.82) is 0 Å². The molecule has 3 N–H and O–H groups in total. The Bertz CT molecular complexity index is 766. The summed E-state index contributed by atoms with van der Waals surface area (Å²) in [5.74, 6) is -1.24. The zero-order chi connectivity index (χ0) is 15.6. The van der Waals surface area contributed by atoms with Gasteiger partial charge < -0.3 is 15.2 Å². The molecular formula is C13H14N2O5S. The zero-order valence-electron chi connectivity index (χ0n) is 11.1. The maximum atomic E-state index is 12.3. The van der Waals surface area contributed by atoms with Gasteiger partial charge in [-0.05, 0) is 12.1 Å². The van der Waals surface area contributed by atoms with E-state index in [1.807, 2.05) is 0 Å². The van der Waals surface area contributed by atoms with E-state index in [0.717, 1.165) is 16.6 Å². The molecular weight excluding hydrogens is 296 g/mol. The third-order valence-corrected chi connectivity index (χ3v) is 4.76. The number of benzene rings is 1. The fraction of sp³-hybridized carbons (Fsp3) is 0.154. The number of hydrogen-bond donors (Lipinski definition) is 3. The van der Waals surface area contributed by atoms with Crippen LogP contribution in [0.1, 0.15) is 16.1 Å². The number of aromatic hydroxyl groups is 1. The molecule has 2 rings (SSSR count). The Labute approximate surface area is 121 Å². The van der Waals surface area contributed by atoms with Gasteiger partial charge in [0.05, 0.1) is 0 Å². The number of nitrogens with zero attached hydrogens (tertiary/aromatic N) is 1. The van der Waals surface area contributed by atoms with Gasteiger partial charge in [0.1, 0.15) is 16.3 Å². The van der Waals surface area contributed by atoms with Crippen molar-refractivity contribution in [2.24, 2.45) is 0 Å². The van der Waals surface area contributed by atoms with E-state index in [1.165, 1.54) is 13.1 Å². The Morgan fingerprint density at radius 2 is 2.00 bits per heavy atom. The second-order valence-electron chi connectivity index (χ2n) is 4.44. The van der Waals surface area contributed by atoms with Gasteiger partial charge in [0.15, 0.2) is 0 Å². The van der Waals surface area contributed by atoms with Crippen LogP contribution in [0.2, 0.25) is 0 Å². The lowest BCUT2D eigenvalue weighted by Crippen LogP contribution is -2.26. The zero-order valence-corrected chi connectivity index (χ0v) is 12.0. The molecule has 1 aromatic carbocycles. The van der Waals surface area contributed by atoms with E-state index in [4.69, 9.17) is 5.11 Å². The number of aromatic nitrogens is 1. The number of aromatic carboxylic acids is 1. The Balaban J connectivity index is 2.26. The van der Waals surface area contributed by atoms with Gasteiger partial charge in [-0.1, -0.05) is 18.2 Å². The first kappa shape index (κ1) is 15.1. The first-order valence-electron chi connectivity index (χ1n) is 5.97. The lowest BCUT2D eigenvalue weighted by molar-refractivity contribution is 0.0691. The molecule has 0 saturated carbocycles. The topological polar surface area (TPSA) is 111 Å². The van der Waals surface area contributed by atoms with E-state index in [-0.39, 0.29) is 22.9 Å². The number of carboxylic acids is 1. The minimum Gasteiger partial charge on any atom is -0.508 e. The van der Waals surface area contributed by atoms with E-state index >= 15 is 0 Å². The Kier molecular flexibility index (Phi) is 4.01. The van der Waals surface area contributed by atoms with Gasteiger partial charge in [-0.3, -0.25) is 0 Å². The molecule has 8 heteroatoms. The van der Waals surface area contributed by atoms with Crippen molar-refractivity contribution in [3.05, 3.63) is 47.8 Å². The summed E-state index contributed by atoms with van der Waals surface area (Å²) in [5, 5.41) is 18.5. The molecule has 0 atom stereocenters. The van der Waals surface area contributed by atoms with Crippen LogP contribution in [0.5, 0.6) is 5.75 Å². The number of sulfonamides is 1. The van der Waals surface area contributed by atoms with E-state index in [1.54, 1.807) is 18.2 Å². The highest BCUT2D eigenvalue weighted by Gasteiger charge is 2.24. The van der Waals surface area contributed by atoms with E-state index in [9.17, 15) is 18.3 Å². The van der Waals surface area contributed by atoms with Gasteiger partial charge in [0.2, 0.25) is 10.0 Å². The van der Waals surface area contributed by atoms with E-state index < -0.39 is 16.0 Å². The largest absolute Gasteiger partial charge is 0.508 e. The number of phenolic OH excluding ortho intramolecular Hbond substituents is 1. The number of carboxylic acid groups (broad SMARTS) is 1. The van der Waals surface area contributed by atoms with Crippen LogP contribution in [0.3, 0.4) is 0 Å². The fourth-order valence-corrected chi connectivity index (χ4v) is 2.94. The van der Waals surface area contributed by atoms with Gasteiger partial charge >= 0.3 is 5.97 Å². The van der Waals surface area contributed by atoms with Crippen molar-refractivity contribution >= 4 is 16.0 Å². The summed E-state index contributed by atoms with van der Waals surface area (Å²) < 4.78 is 25.7. The summed E-state index contributed by atoms with van der Waals surface area (Å²) in [4.78, 5) is 13.0. The van der Waals surface area contributed by atoms with Crippen molar-refractivity contribution in [1.82, 2.24) is 9.29 Å². The monoisotopic (exact) mass is 310 g/mol. The van der Waals surface area contributed by atoms with Gasteiger partial charge in [-0.25, -0.2) is 13.2 Å². The molecule has 0 fully saturated rings. The maximum Gasteiger partial charge on any atom is 0.352 e. The number of para-hydroxylation sites is 1. The smallest absolute Gasteiger partial charge is 0.352 e. The van der Waals surface area contributed by atoms with E-state index in [0.29, 0.717) is 5.56 Å². The molecule has 1 heterocycles. The highest BCUT2D eigenvalue weighted by molar-refractivity contribution is 7.89. The third-order valence-electron chi connectivity index (χ3n) is 2.98. The summed E-state index contributed by atoms with van der Waals surface area (Å²) in [6, 6.07) is 7.46. The van der Waals surface area contributed by atoms with Crippen molar-refractivity contribution in [3.8, 4) is 5.75 Å². The summed E-state index contributed by atoms with van der Waals surface area (Å²) in [7, 11) is -2.48. The van der Waals surface area contributed by atoms with Crippen LogP contribution in [0.4, 0.5) is 0 Å². The molecule has 21 heavy (non-hydrogen) atoms. The van der Waals surface area contributed by atoms with Gasteiger partial charge in [0, 0.05) is 25.4 Å². The number of aromatic amines is 1. The van der Waals surface area contributed by atoms with Crippen LogP contribution in [0, 0.1) is 0 Å². The molecule has 0 saturated heterocycles. The molecule has 0 aliphatic carbocycles. The molecule has 2 aromatic rings. The average Bonchev–Trinajstić information content (AvgIpc) is 2.91. The molecule has 0 aliphatic heterocycles. The minimum atomic E-state index is -3.84. The highest BCUT2D eigenvalue weighted by atomic mass is 32.2. The molecule has 1 aromatic heterocycles. The number of hydrogen-bond acceptors (Lipinski definition) is 4. The van der Waals surface area contributed by atoms with Crippen molar-refractivity contribution in [3.63, 3.8) is 0 Å². The number of nitrogens with one attached hydrogen (secondary N) is 1. The number of carbonyl (C=O) groups is 1. The minimum absolute atomic E-state index is 0.000145. The predicted molar refractivity (Wildman–Crippen MR) is 74.5 cm³/mol. The van der Waals surface area contributed by atoms with Gasteiger partial charge in [-0.15, -0.1) is 0 Å². The quantitative estimate of drug-likeness (QED) is 0.769. The Hall–Kier alpha value is -2.32. The molecule has 0 bridgehead atoms. The lowest BCUT2D eigenvalue weighted by atomic mass is 10.2. The van der Waals surface area contributed by atoms with Gasteiger partial charge in [-0.2, -0.15) is 4.31 Å². The van der Waals surface area contributed by atoms with Crippen LogP contribution in [0.25, 0.3) is 0 Å². The summed E-state index contributed by atoms with van der Waals surface area (Å²) in [6.07, 6.45) is 1.13. The normalized spacial score (nSPS) is 11.7. The maximum absolute atomic E-state index is 12.3. The molecule has 0 spiro atoms. The highest BCUT2D eigenvalue weighted by Crippen LogP contribution is 2.22. The first-order chi connectivity index (χ1) is 9.82. The second-order valence-corrected chi connectivity index (χ2v) is 6.49. The summed E-state index contributed by atoms with van der Waals surface area (Å²) in [5.41, 5.74) is 0.252. The first-order valence-corrected chi connectivity index (χ1v) is 7.41. The average molecular weight is 310 g/mol. The van der Waals surface area contributed by atoms with Crippen LogP contribution in [-0.4, -0.2) is 40.9 Å². The Morgan fingerprint density at radius 3 is 2.57 bits per heavy atom. The van der Waals surface area contributed by atoms with Crippen LogP contribution >= 0.6 is 0 Å². The number of H-pyrrole nitrogens is 1. The van der Waals surface area contributed by atoms with E-state index in [2.05, 4.69) is 4.98 Å². The number of phenols is 1. The predicted octanol–water partition coefficient (Wildman–Crippen LogP) is 1.24. The molecule has 0 radical (unpaired) electrons. The van der Waals surface area contributed by atoms with Crippen LogP contribution in [0.15, 0.2) is 41.4 Å². The van der Waals surface area contributed by atoms with Gasteiger partial charge in [0.25, 0.3) is 0 Å². The number of rotatable bonds is 5. The molecule has 0 aliphatic rings. The molecule has 0 amide bonds. The lowest BCUT2D eigenvalue weighted by Gasteiger charge is -2.16. The molecule has 112 valence electrons. The van der Waals surface area contributed by atoms with Crippen molar-refractivity contribution < 1.29 is 23.4 Å². The van der Waals surface area contributed by atoms with Crippen molar-refractivity contribution in [2.75, 3.05) is 7.05 Å². The third kappa shape index (κ3) is 3.06. The second kappa shape index (κ2) is 5.58. The van der Waals surface area contributed by atoms with Crippen LogP contribution in [-0.2, 0) is 16.6 Å². The summed E-state index contributed by atoms with van der Waals surface area (Å²) in [6.45, 7) is -0.0252. The van der Waals surface area contributed by atoms with Crippen LogP contribution < -0.4 is 0 Å². The summed E-state index contributed by atoms with van der Waals surface area (Å²) >= 11 is 0. The molecule has 7 nitrogen and oxygen atoms in total. The SMILES string of the molecule is CN(Cc1ccccc1O)S(=O)(=O)c1c[nH]c(C(=O)O)c1. The fourth-order valence-electron chi connectivity index (χ4n) is 1.80. The Morgan fingerprint density at radius 1 is 1.33 bits per heavy atom. The van der Waals surface area contributed by atoms with Crippen molar-refractivity contribution in [2.45, 2.75) is 11.4 Å². The standard InChI is InChI=1S/C13H14N2O5S/c1-15(8-9-4-2-3-5-12(9)16)21(19,20)10-6-11(13(17)18)14-7-10/h2-7,14,16H,8H2,1H3,(H,17,18). The molecule has 0 unspecified atom stereocenters.